The third-order valence-corrected chi connectivity index (χ3v) is 4.72. The van der Waals surface area contributed by atoms with E-state index in [-0.39, 0.29) is 11.9 Å². The molecule has 0 spiro atoms. The molecule has 1 fully saturated rings. The fourth-order valence-corrected chi connectivity index (χ4v) is 3.53. The Kier molecular flexibility index (Phi) is 3.80. The Balaban J connectivity index is 1.61. The first kappa shape index (κ1) is 15.8. The van der Waals surface area contributed by atoms with Gasteiger partial charge in [0.05, 0.1) is 27.8 Å². The molecule has 1 aliphatic heterocycles. The molecule has 2 aromatic heterocycles. The molecule has 1 saturated heterocycles. The quantitative estimate of drug-likeness (QED) is 0.780. The monoisotopic (exact) mass is 356 g/mol. The van der Waals surface area contributed by atoms with Gasteiger partial charge in [-0.1, -0.05) is 23.7 Å². The van der Waals surface area contributed by atoms with Crippen molar-refractivity contribution in [2.45, 2.75) is 19.4 Å². The van der Waals surface area contributed by atoms with Gasteiger partial charge >= 0.3 is 0 Å². The van der Waals surface area contributed by atoms with E-state index in [4.69, 9.17) is 11.6 Å². The normalized spacial score (nSPS) is 17.5. The lowest BCUT2D eigenvalue weighted by atomic mass is 10.2. The number of carbonyl (C=O) groups excluding carboxylic acids is 1. The first-order valence-electron chi connectivity index (χ1n) is 8.00. The van der Waals surface area contributed by atoms with E-state index in [0.29, 0.717) is 23.8 Å². The van der Waals surface area contributed by atoms with Crippen LogP contribution in [0.25, 0.3) is 11.0 Å². The maximum atomic E-state index is 12.4. The van der Waals surface area contributed by atoms with Gasteiger partial charge in [-0.3, -0.25) is 9.48 Å². The molecule has 1 N–H and O–H groups in total. The Bertz CT molecular complexity index is 969. The van der Waals surface area contributed by atoms with Crippen LogP contribution in [-0.4, -0.2) is 38.2 Å². The fraction of sp³-hybridized carbons (Fsp3) is 0.294. The van der Waals surface area contributed by atoms with Gasteiger partial charge in [0.1, 0.15) is 12.1 Å². The first-order chi connectivity index (χ1) is 12.0. The maximum Gasteiger partial charge on any atom is 0.229 e. The van der Waals surface area contributed by atoms with Crippen molar-refractivity contribution in [1.82, 2.24) is 19.7 Å². The summed E-state index contributed by atoms with van der Waals surface area (Å²) in [5, 5.41) is 9.23. The molecule has 7 nitrogen and oxygen atoms in total. The summed E-state index contributed by atoms with van der Waals surface area (Å²) in [6.45, 7) is 2.46. The topological polar surface area (TPSA) is 75.9 Å². The number of amides is 1. The number of fused-ring (bicyclic) bond motifs is 1. The van der Waals surface area contributed by atoms with E-state index in [1.165, 1.54) is 6.33 Å². The summed E-state index contributed by atoms with van der Waals surface area (Å²) in [4.78, 5) is 22.8. The van der Waals surface area contributed by atoms with Gasteiger partial charge in [0.2, 0.25) is 5.91 Å². The second-order valence-electron chi connectivity index (χ2n) is 6.13. The number of aryl methyl sites for hydroxylation is 2. The Morgan fingerprint density at radius 1 is 1.28 bits per heavy atom. The minimum Gasteiger partial charge on any atom is -0.364 e. The number of anilines is 2. The Labute approximate surface area is 149 Å². The highest BCUT2D eigenvalue weighted by Gasteiger charge is 2.32. The zero-order valence-electron chi connectivity index (χ0n) is 13.9. The number of hydrogen-bond donors (Lipinski definition) is 1. The average molecular weight is 357 g/mol. The summed E-state index contributed by atoms with van der Waals surface area (Å²) in [5.74, 6) is 0.744. The molecular formula is C17H17ClN6O. The van der Waals surface area contributed by atoms with Gasteiger partial charge in [-0.15, -0.1) is 0 Å². The van der Waals surface area contributed by atoms with E-state index in [9.17, 15) is 4.79 Å². The van der Waals surface area contributed by atoms with E-state index in [0.717, 1.165) is 22.4 Å². The first-order valence-corrected chi connectivity index (χ1v) is 8.38. The standard InChI is InChI=1S/C17H17ClN6O/c1-10-15-16(19-9-20-17(15)23(2)22-10)21-11-7-14(25)24(8-11)13-6-4-3-5-12(13)18/h3-6,9,11H,7-8H2,1-2H3,(H,19,20,21)/t11-/m0/s1. The Morgan fingerprint density at radius 3 is 2.88 bits per heavy atom. The van der Waals surface area contributed by atoms with Crippen molar-refractivity contribution in [3.8, 4) is 0 Å². The minimum absolute atomic E-state index is 0.0406. The van der Waals surface area contributed by atoms with Crippen LogP contribution in [0.4, 0.5) is 11.5 Å². The van der Waals surface area contributed by atoms with Gasteiger partial charge in [-0.05, 0) is 19.1 Å². The van der Waals surface area contributed by atoms with Gasteiger partial charge in [0.25, 0.3) is 0 Å². The summed E-state index contributed by atoms with van der Waals surface area (Å²) in [5.41, 5.74) is 2.36. The molecule has 4 rings (SSSR count). The zero-order chi connectivity index (χ0) is 17.6. The molecule has 1 aromatic carbocycles. The lowest BCUT2D eigenvalue weighted by Gasteiger charge is -2.18. The Morgan fingerprint density at radius 2 is 2.08 bits per heavy atom. The fourth-order valence-electron chi connectivity index (χ4n) is 3.29. The molecule has 8 heteroatoms. The number of para-hydroxylation sites is 1. The number of nitrogens with zero attached hydrogens (tertiary/aromatic N) is 5. The highest BCUT2D eigenvalue weighted by molar-refractivity contribution is 6.33. The van der Waals surface area contributed by atoms with Crippen LogP contribution in [0.1, 0.15) is 12.1 Å². The number of hydrogen-bond acceptors (Lipinski definition) is 5. The van der Waals surface area contributed by atoms with Crippen molar-refractivity contribution in [2.24, 2.45) is 7.05 Å². The predicted octanol–water partition coefficient (Wildman–Crippen LogP) is 2.54. The van der Waals surface area contributed by atoms with Crippen molar-refractivity contribution in [2.75, 3.05) is 16.8 Å². The van der Waals surface area contributed by atoms with E-state index in [2.05, 4.69) is 20.4 Å². The van der Waals surface area contributed by atoms with Crippen LogP contribution in [-0.2, 0) is 11.8 Å². The summed E-state index contributed by atoms with van der Waals surface area (Å²) < 4.78 is 1.73. The molecule has 0 radical (unpaired) electrons. The zero-order valence-corrected chi connectivity index (χ0v) is 14.7. The SMILES string of the molecule is Cc1nn(C)c2ncnc(N[C@H]3CC(=O)N(c4ccccc4Cl)C3)c12. The molecule has 0 bridgehead atoms. The summed E-state index contributed by atoms with van der Waals surface area (Å²) in [7, 11) is 1.85. The molecule has 1 amide bonds. The second kappa shape index (κ2) is 6.00. The van der Waals surface area contributed by atoms with Crippen molar-refractivity contribution in [1.29, 1.82) is 0 Å². The number of benzene rings is 1. The van der Waals surface area contributed by atoms with Crippen molar-refractivity contribution < 1.29 is 4.79 Å². The van der Waals surface area contributed by atoms with Crippen molar-refractivity contribution in [3.63, 3.8) is 0 Å². The lowest BCUT2D eigenvalue weighted by Crippen LogP contribution is -2.28. The Hall–Kier alpha value is -2.67. The molecule has 128 valence electrons. The van der Waals surface area contributed by atoms with Gasteiger partial charge in [-0.25, -0.2) is 9.97 Å². The van der Waals surface area contributed by atoms with Crippen LogP contribution in [0.15, 0.2) is 30.6 Å². The largest absolute Gasteiger partial charge is 0.364 e. The van der Waals surface area contributed by atoms with Crippen LogP contribution in [0.5, 0.6) is 0 Å². The van der Waals surface area contributed by atoms with E-state index < -0.39 is 0 Å². The predicted molar refractivity (Wildman–Crippen MR) is 96.9 cm³/mol. The molecule has 3 aromatic rings. The second-order valence-corrected chi connectivity index (χ2v) is 6.54. The van der Waals surface area contributed by atoms with Crippen LogP contribution < -0.4 is 10.2 Å². The highest BCUT2D eigenvalue weighted by atomic mass is 35.5. The van der Waals surface area contributed by atoms with E-state index >= 15 is 0 Å². The highest BCUT2D eigenvalue weighted by Crippen LogP contribution is 2.30. The number of nitrogens with one attached hydrogen (secondary N) is 1. The van der Waals surface area contributed by atoms with Crippen LogP contribution in [0, 0.1) is 6.92 Å². The van der Waals surface area contributed by atoms with Gasteiger partial charge in [0, 0.05) is 20.0 Å². The van der Waals surface area contributed by atoms with E-state index in [1.54, 1.807) is 15.6 Å². The van der Waals surface area contributed by atoms with Crippen molar-refractivity contribution in [3.05, 3.63) is 41.3 Å². The smallest absolute Gasteiger partial charge is 0.229 e. The third kappa shape index (κ3) is 2.70. The maximum absolute atomic E-state index is 12.4. The third-order valence-electron chi connectivity index (χ3n) is 4.40. The van der Waals surface area contributed by atoms with Crippen LogP contribution >= 0.6 is 11.6 Å². The summed E-state index contributed by atoms with van der Waals surface area (Å²) >= 11 is 6.23. The molecule has 0 aliphatic carbocycles. The van der Waals surface area contributed by atoms with Crippen molar-refractivity contribution >= 4 is 40.0 Å². The number of rotatable bonds is 3. The number of carbonyl (C=O) groups is 1. The molecule has 1 aliphatic rings. The van der Waals surface area contributed by atoms with Crippen LogP contribution in [0.2, 0.25) is 5.02 Å². The van der Waals surface area contributed by atoms with Gasteiger partial charge in [0.15, 0.2) is 5.65 Å². The van der Waals surface area contributed by atoms with Gasteiger partial charge < -0.3 is 10.2 Å². The molecular weight excluding hydrogens is 340 g/mol. The molecule has 0 saturated carbocycles. The van der Waals surface area contributed by atoms with Crippen LogP contribution in [0.3, 0.4) is 0 Å². The molecule has 1 atom stereocenters. The molecule has 25 heavy (non-hydrogen) atoms. The molecule has 0 unspecified atom stereocenters. The summed E-state index contributed by atoms with van der Waals surface area (Å²) in [6, 6.07) is 7.32. The van der Waals surface area contributed by atoms with E-state index in [1.807, 2.05) is 32.2 Å². The number of aromatic nitrogens is 4. The van der Waals surface area contributed by atoms with Gasteiger partial charge in [-0.2, -0.15) is 5.10 Å². The lowest BCUT2D eigenvalue weighted by molar-refractivity contribution is -0.117. The summed E-state index contributed by atoms with van der Waals surface area (Å²) in [6.07, 6.45) is 1.89. The number of halogens is 1. The average Bonchev–Trinajstić information content (AvgIpc) is 3.08. The minimum atomic E-state index is -0.0542. The molecule has 3 heterocycles.